The first kappa shape index (κ1) is 12.6. The molecule has 1 rings (SSSR count). The summed E-state index contributed by atoms with van der Waals surface area (Å²) in [7, 11) is 1.34. The van der Waals surface area contributed by atoms with Gasteiger partial charge in [0, 0.05) is 7.11 Å². The van der Waals surface area contributed by atoms with E-state index in [1.165, 1.54) is 27.0 Å². The molecular weight excluding hydrogens is 216 g/mol. The lowest BCUT2D eigenvalue weighted by Gasteiger charge is -2.12. The number of carbonyl (C=O) groups excluding carboxylic acids is 1. The van der Waals surface area contributed by atoms with Gasteiger partial charge < -0.3 is 10.1 Å². The van der Waals surface area contributed by atoms with Gasteiger partial charge in [-0.25, -0.2) is 8.78 Å². The average Bonchev–Trinajstić information content (AvgIpc) is 2.28. The highest BCUT2D eigenvalue weighted by molar-refractivity contribution is 5.94. The summed E-state index contributed by atoms with van der Waals surface area (Å²) in [5.74, 6) is -2.16. The number of halogens is 2. The van der Waals surface area contributed by atoms with E-state index in [1.54, 1.807) is 0 Å². The second-order valence-corrected chi connectivity index (χ2v) is 3.42. The van der Waals surface area contributed by atoms with E-state index >= 15 is 0 Å². The van der Waals surface area contributed by atoms with Crippen LogP contribution in [0.15, 0.2) is 12.1 Å². The molecule has 1 aromatic rings. The number of methoxy groups -OCH3 is 1. The Bertz CT molecular complexity index is 407. The Morgan fingerprint density at radius 3 is 2.62 bits per heavy atom. The molecule has 0 aromatic heterocycles. The minimum atomic E-state index is -0.806. The molecule has 0 bridgehead atoms. The van der Waals surface area contributed by atoms with Crippen molar-refractivity contribution in [2.45, 2.75) is 20.0 Å². The van der Waals surface area contributed by atoms with Crippen LogP contribution in [0.4, 0.5) is 14.5 Å². The van der Waals surface area contributed by atoms with Crippen molar-refractivity contribution in [3.8, 4) is 0 Å². The summed E-state index contributed by atoms with van der Waals surface area (Å²) in [5.41, 5.74) is -0.171. The Labute approximate surface area is 92.4 Å². The van der Waals surface area contributed by atoms with Gasteiger partial charge in [-0.05, 0) is 25.5 Å². The van der Waals surface area contributed by atoms with Gasteiger partial charge >= 0.3 is 0 Å². The maximum absolute atomic E-state index is 13.5. The fourth-order valence-corrected chi connectivity index (χ4v) is 1.10. The number of carbonyl (C=O) groups is 1. The molecule has 0 spiro atoms. The lowest BCUT2D eigenvalue weighted by molar-refractivity contribution is -0.124. The zero-order chi connectivity index (χ0) is 12.3. The van der Waals surface area contributed by atoms with Crippen LogP contribution in [0.2, 0.25) is 0 Å². The van der Waals surface area contributed by atoms with Crippen LogP contribution < -0.4 is 5.32 Å². The first-order valence-electron chi connectivity index (χ1n) is 4.75. The number of aryl methyl sites for hydroxylation is 1. The third-order valence-electron chi connectivity index (χ3n) is 2.26. The minimum Gasteiger partial charge on any atom is -0.372 e. The summed E-state index contributed by atoms with van der Waals surface area (Å²) in [6, 6.07) is 2.41. The predicted octanol–water partition coefficient (Wildman–Crippen LogP) is 2.25. The number of hydrogen-bond donors (Lipinski definition) is 1. The first-order valence-corrected chi connectivity index (χ1v) is 4.75. The topological polar surface area (TPSA) is 38.3 Å². The molecule has 16 heavy (non-hydrogen) atoms. The van der Waals surface area contributed by atoms with Crippen molar-refractivity contribution >= 4 is 11.6 Å². The zero-order valence-electron chi connectivity index (χ0n) is 9.30. The number of amides is 1. The monoisotopic (exact) mass is 229 g/mol. The van der Waals surface area contributed by atoms with E-state index in [0.29, 0.717) is 0 Å². The van der Waals surface area contributed by atoms with Crippen LogP contribution in [0.25, 0.3) is 0 Å². The van der Waals surface area contributed by atoms with Gasteiger partial charge in [-0.2, -0.15) is 0 Å². The molecule has 0 aliphatic heterocycles. The maximum Gasteiger partial charge on any atom is 0.253 e. The van der Waals surface area contributed by atoms with Crippen LogP contribution in [-0.4, -0.2) is 19.1 Å². The van der Waals surface area contributed by atoms with E-state index < -0.39 is 29.3 Å². The lowest BCUT2D eigenvalue weighted by atomic mass is 10.2. The van der Waals surface area contributed by atoms with Gasteiger partial charge in [0.05, 0.1) is 0 Å². The Morgan fingerprint density at radius 2 is 2.06 bits per heavy atom. The third kappa shape index (κ3) is 2.55. The molecule has 0 fully saturated rings. The highest BCUT2D eigenvalue weighted by Gasteiger charge is 2.17. The molecule has 3 nitrogen and oxygen atoms in total. The Balaban J connectivity index is 2.97. The molecule has 0 radical (unpaired) electrons. The fraction of sp³-hybridized carbons (Fsp3) is 0.364. The molecule has 1 unspecified atom stereocenters. The van der Waals surface area contributed by atoms with Gasteiger partial charge in [-0.1, -0.05) is 6.07 Å². The smallest absolute Gasteiger partial charge is 0.253 e. The molecule has 0 saturated heterocycles. The van der Waals surface area contributed by atoms with Crippen molar-refractivity contribution in [2.24, 2.45) is 0 Å². The minimum absolute atomic E-state index is 0.266. The van der Waals surface area contributed by atoms with Crippen LogP contribution in [0.5, 0.6) is 0 Å². The van der Waals surface area contributed by atoms with Crippen LogP contribution in [0, 0.1) is 18.6 Å². The summed E-state index contributed by atoms with van der Waals surface area (Å²) >= 11 is 0. The Morgan fingerprint density at radius 1 is 1.44 bits per heavy atom. The van der Waals surface area contributed by atoms with Crippen LogP contribution in [0.3, 0.4) is 0 Å². The third-order valence-corrected chi connectivity index (χ3v) is 2.26. The maximum atomic E-state index is 13.5. The van der Waals surface area contributed by atoms with E-state index in [9.17, 15) is 13.6 Å². The van der Waals surface area contributed by atoms with E-state index in [-0.39, 0.29) is 5.56 Å². The summed E-state index contributed by atoms with van der Waals surface area (Å²) in [6.07, 6.45) is -0.765. The molecule has 1 N–H and O–H groups in total. The molecule has 0 heterocycles. The van der Waals surface area contributed by atoms with Crippen molar-refractivity contribution < 1.29 is 18.3 Å². The van der Waals surface area contributed by atoms with Gasteiger partial charge in [0.15, 0.2) is 5.82 Å². The second kappa shape index (κ2) is 5.03. The second-order valence-electron chi connectivity index (χ2n) is 3.42. The predicted molar refractivity (Wildman–Crippen MR) is 56.2 cm³/mol. The van der Waals surface area contributed by atoms with Crippen molar-refractivity contribution in [1.82, 2.24) is 0 Å². The highest BCUT2D eigenvalue weighted by Crippen LogP contribution is 2.21. The summed E-state index contributed by atoms with van der Waals surface area (Å²) in [6.45, 7) is 2.98. The zero-order valence-corrected chi connectivity index (χ0v) is 9.30. The number of hydrogen-bond acceptors (Lipinski definition) is 2. The Hall–Kier alpha value is -1.49. The van der Waals surface area contributed by atoms with E-state index in [0.717, 1.165) is 6.07 Å². The van der Waals surface area contributed by atoms with Crippen molar-refractivity contribution in [3.05, 3.63) is 29.3 Å². The number of benzene rings is 1. The van der Waals surface area contributed by atoms with Crippen LogP contribution in [-0.2, 0) is 9.53 Å². The van der Waals surface area contributed by atoms with Crippen molar-refractivity contribution in [2.75, 3.05) is 12.4 Å². The molecule has 1 atom stereocenters. The van der Waals surface area contributed by atoms with E-state index in [2.05, 4.69) is 5.32 Å². The largest absolute Gasteiger partial charge is 0.372 e. The average molecular weight is 229 g/mol. The van der Waals surface area contributed by atoms with Gasteiger partial charge in [0.2, 0.25) is 0 Å². The molecule has 0 aliphatic rings. The normalized spacial score (nSPS) is 12.3. The first-order chi connectivity index (χ1) is 7.47. The quantitative estimate of drug-likeness (QED) is 0.863. The summed E-state index contributed by atoms with van der Waals surface area (Å²) < 4.78 is 31.5. The molecular formula is C11H13F2NO2. The number of rotatable bonds is 3. The molecule has 1 amide bonds. The number of anilines is 1. The number of ether oxygens (including phenoxy) is 1. The SMILES string of the molecule is COC(C)C(=O)Nc1c(F)ccc(C)c1F. The summed E-state index contributed by atoms with van der Waals surface area (Å²) in [4.78, 5) is 11.4. The van der Waals surface area contributed by atoms with Crippen molar-refractivity contribution in [1.29, 1.82) is 0 Å². The van der Waals surface area contributed by atoms with Gasteiger partial charge in [-0.15, -0.1) is 0 Å². The molecule has 5 heteroatoms. The molecule has 0 saturated carbocycles. The van der Waals surface area contributed by atoms with Gasteiger partial charge in [0.25, 0.3) is 5.91 Å². The van der Waals surface area contributed by atoms with Crippen LogP contribution >= 0.6 is 0 Å². The van der Waals surface area contributed by atoms with Gasteiger partial charge in [-0.3, -0.25) is 4.79 Å². The highest BCUT2D eigenvalue weighted by atomic mass is 19.1. The van der Waals surface area contributed by atoms with Gasteiger partial charge in [0.1, 0.15) is 17.6 Å². The van der Waals surface area contributed by atoms with Crippen molar-refractivity contribution in [3.63, 3.8) is 0 Å². The van der Waals surface area contributed by atoms with Crippen LogP contribution in [0.1, 0.15) is 12.5 Å². The lowest BCUT2D eigenvalue weighted by Crippen LogP contribution is -2.27. The molecule has 88 valence electrons. The Kier molecular flexibility index (Phi) is 3.95. The standard InChI is InChI=1S/C11H13F2NO2/c1-6-4-5-8(12)10(9(6)13)14-11(15)7(2)16-3/h4-5,7H,1-3H3,(H,14,15). The summed E-state index contributed by atoms with van der Waals surface area (Å²) in [5, 5.41) is 2.16. The van der Waals surface area contributed by atoms with E-state index in [4.69, 9.17) is 4.74 Å². The molecule has 0 aliphatic carbocycles. The molecule has 1 aromatic carbocycles. The number of nitrogens with one attached hydrogen (secondary N) is 1. The van der Waals surface area contributed by atoms with E-state index in [1.807, 2.05) is 0 Å². The fourth-order valence-electron chi connectivity index (χ4n) is 1.10.